The predicted octanol–water partition coefficient (Wildman–Crippen LogP) is 1.75. The highest BCUT2D eigenvalue weighted by Gasteiger charge is 2.08. The summed E-state index contributed by atoms with van der Waals surface area (Å²) in [4.78, 5) is 26.7. The van der Waals surface area contributed by atoms with Crippen molar-refractivity contribution < 1.29 is 14.7 Å². The second kappa shape index (κ2) is 6.47. The lowest BCUT2D eigenvalue weighted by Gasteiger charge is -2.05. The first kappa shape index (κ1) is 13.7. The monoisotopic (exact) mass is 270 g/mol. The number of benzene rings is 1. The molecule has 1 amide bonds. The molecular formula is C15H14N2O3. The number of hydrogen-bond acceptors (Lipinski definition) is 3. The molecule has 0 bridgehead atoms. The molecule has 2 rings (SSSR count). The van der Waals surface area contributed by atoms with Crippen molar-refractivity contribution in [2.75, 3.05) is 6.54 Å². The zero-order valence-electron chi connectivity index (χ0n) is 10.7. The minimum atomic E-state index is -1.05. The Bertz CT molecular complexity index is 612. The van der Waals surface area contributed by atoms with Crippen LogP contribution in [0.1, 0.15) is 26.3 Å². The number of nitrogens with zero attached hydrogens (tertiary/aromatic N) is 1. The molecule has 0 fully saturated rings. The Morgan fingerprint density at radius 1 is 1.15 bits per heavy atom. The summed E-state index contributed by atoms with van der Waals surface area (Å²) in [5.41, 5.74) is 1.48. The molecule has 5 nitrogen and oxygen atoms in total. The topological polar surface area (TPSA) is 79.3 Å². The summed E-state index contributed by atoms with van der Waals surface area (Å²) < 4.78 is 0. The largest absolute Gasteiger partial charge is 0.478 e. The first-order valence-corrected chi connectivity index (χ1v) is 6.17. The van der Waals surface area contributed by atoms with Gasteiger partial charge < -0.3 is 10.4 Å². The van der Waals surface area contributed by atoms with Crippen molar-refractivity contribution in [1.82, 2.24) is 10.3 Å². The van der Waals surface area contributed by atoms with E-state index in [1.54, 1.807) is 24.5 Å². The minimum absolute atomic E-state index is 0.102. The number of rotatable bonds is 5. The van der Waals surface area contributed by atoms with Gasteiger partial charge in [0, 0.05) is 24.5 Å². The van der Waals surface area contributed by atoms with Crippen molar-refractivity contribution in [2.45, 2.75) is 6.42 Å². The lowest BCUT2D eigenvalue weighted by Crippen LogP contribution is -2.25. The molecule has 0 aliphatic carbocycles. The highest BCUT2D eigenvalue weighted by atomic mass is 16.4. The fourth-order valence-electron chi connectivity index (χ4n) is 1.76. The fraction of sp³-hybridized carbons (Fsp3) is 0.133. The van der Waals surface area contributed by atoms with Crippen LogP contribution in [0, 0.1) is 0 Å². The maximum absolute atomic E-state index is 11.9. The Kier molecular flexibility index (Phi) is 4.44. The van der Waals surface area contributed by atoms with Crippen molar-refractivity contribution in [1.29, 1.82) is 0 Å². The van der Waals surface area contributed by atoms with Crippen LogP contribution < -0.4 is 5.32 Å². The van der Waals surface area contributed by atoms with Crippen molar-refractivity contribution in [3.8, 4) is 0 Å². The molecule has 0 unspecified atom stereocenters. The first-order valence-electron chi connectivity index (χ1n) is 6.17. The molecule has 0 radical (unpaired) electrons. The van der Waals surface area contributed by atoms with E-state index in [9.17, 15) is 9.59 Å². The lowest BCUT2D eigenvalue weighted by molar-refractivity contribution is 0.0697. The average molecular weight is 270 g/mol. The Balaban J connectivity index is 1.92. The molecule has 102 valence electrons. The Labute approximate surface area is 116 Å². The fourth-order valence-corrected chi connectivity index (χ4v) is 1.76. The van der Waals surface area contributed by atoms with Gasteiger partial charge in [-0.05, 0) is 36.2 Å². The van der Waals surface area contributed by atoms with Crippen LogP contribution in [-0.2, 0) is 6.42 Å². The molecule has 5 heteroatoms. The van der Waals surface area contributed by atoms with E-state index in [0.29, 0.717) is 18.5 Å². The van der Waals surface area contributed by atoms with Crippen molar-refractivity contribution in [3.05, 3.63) is 65.5 Å². The van der Waals surface area contributed by atoms with Crippen LogP contribution in [0.25, 0.3) is 0 Å². The van der Waals surface area contributed by atoms with E-state index >= 15 is 0 Å². The number of carbonyl (C=O) groups is 2. The standard InChI is InChI=1S/C15H14N2O3/c18-14(12-4-1-5-13(9-12)15(19)20)17-8-6-11-3-2-7-16-10-11/h1-5,7,9-10H,6,8H2,(H,17,18)(H,19,20). The molecule has 20 heavy (non-hydrogen) atoms. The van der Waals surface area contributed by atoms with Crippen molar-refractivity contribution >= 4 is 11.9 Å². The van der Waals surface area contributed by atoms with Gasteiger partial charge >= 0.3 is 5.97 Å². The molecular weight excluding hydrogens is 256 g/mol. The van der Waals surface area contributed by atoms with Gasteiger partial charge in [-0.2, -0.15) is 0 Å². The first-order chi connectivity index (χ1) is 9.66. The number of carboxylic acids is 1. The summed E-state index contributed by atoms with van der Waals surface area (Å²) in [7, 11) is 0. The molecule has 0 spiro atoms. The second-order valence-electron chi connectivity index (χ2n) is 4.25. The molecule has 2 aromatic rings. The number of carboxylic acid groups (broad SMARTS) is 1. The third-order valence-electron chi connectivity index (χ3n) is 2.79. The zero-order valence-corrected chi connectivity index (χ0v) is 10.7. The van der Waals surface area contributed by atoms with E-state index < -0.39 is 5.97 Å². The van der Waals surface area contributed by atoms with E-state index in [4.69, 9.17) is 5.11 Å². The summed E-state index contributed by atoms with van der Waals surface area (Å²) in [6, 6.07) is 9.74. The molecule has 1 heterocycles. The molecule has 0 aliphatic rings. The predicted molar refractivity (Wildman–Crippen MR) is 73.7 cm³/mol. The zero-order chi connectivity index (χ0) is 14.4. The number of aromatic nitrogens is 1. The van der Waals surface area contributed by atoms with Gasteiger partial charge in [0.05, 0.1) is 5.56 Å². The van der Waals surface area contributed by atoms with Gasteiger partial charge in [-0.3, -0.25) is 9.78 Å². The van der Waals surface area contributed by atoms with Crippen LogP contribution in [0.5, 0.6) is 0 Å². The minimum Gasteiger partial charge on any atom is -0.478 e. The smallest absolute Gasteiger partial charge is 0.335 e. The van der Waals surface area contributed by atoms with Gasteiger partial charge in [-0.1, -0.05) is 12.1 Å². The number of hydrogen-bond donors (Lipinski definition) is 2. The number of carbonyl (C=O) groups excluding carboxylic acids is 1. The normalized spacial score (nSPS) is 10.0. The van der Waals surface area contributed by atoms with E-state index in [1.807, 2.05) is 12.1 Å². The molecule has 1 aromatic heterocycles. The Morgan fingerprint density at radius 2 is 1.95 bits per heavy atom. The van der Waals surface area contributed by atoms with Crippen molar-refractivity contribution in [3.63, 3.8) is 0 Å². The molecule has 1 aromatic carbocycles. The maximum atomic E-state index is 11.9. The van der Waals surface area contributed by atoms with Gasteiger partial charge in [0.1, 0.15) is 0 Å². The van der Waals surface area contributed by atoms with Crippen LogP contribution in [0.2, 0.25) is 0 Å². The third kappa shape index (κ3) is 3.65. The van der Waals surface area contributed by atoms with Gasteiger partial charge in [-0.15, -0.1) is 0 Å². The quantitative estimate of drug-likeness (QED) is 0.867. The van der Waals surface area contributed by atoms with Gasteiger partial charge in [0.15, 0.2) is 0 Å². The van der Waals surface area contributed by atoms with Crippen LogP contribution in [0.3, 0.4) is 0 Å². The van der Waals surface area contributed by atoms with E-state index in [0.717, 1.165) is 5.56 Å². The third-order valence-corrected chi connectivity index (χ3v) is 2.79. The van der Waals surface area contributed by atoms with Crippen LogP contribution >= 0.6 is 0 Å². The summed E-state index contributed by atoms with van der Waals surface area (Å²) in [6.07, 6.45) is 4.12. The lowest BCUT2D eigenvalue weighted by atomic mass is 10.1. The molecule has 2 N–H and O–H groups in total. The second-order valence-corrected chi connectivity index (χ2v) is 4.25. The molecule has 0 atom stereocenters. The molecule has 0 aliphatic heterocycles. The summed E-state index contributed by atoms with van der Waals surface area (Å²) in [5.74, 6) is -1.33. The number of nitrogens with one attached hydrogen (secondary N) is 1. The Hall–Kier alpha value is -2.69. The number of amides is 1. The van der Waals surface area contributed by atoms with Crippen LogP contribution in [0.4, 0.5) is 0 Å². The van der Waals surface area contributed by atoms with E-state index in [2.05, 4.69) is 10.3 Å². The van der Waals surface area contributed by atoms with Gasteiger partial charge in [0.2, 0.25) is 0 Å². The maximum Gasteiger partial charge on any atom is 0.335 e. The molecule has 0 saturated heterocycles. The Morgan fingerprint density at radius 3 is 2.65 bits per heavy atom. The molecule has 0 saturated carbocycles. The summed E-state index contributed by atoms with van der Waals surface area (Å²) in [5, 5.41) is 11.6. The summed E-state index contributed by atoms with van der Waals surface area (Å²) in [6.45, 7) is 0.474. The highest BCUT2D eigenvalue weighted by Crippen LogP contribution is 2.05. The van der Waals surface area contributed by atoms with Crippen LogP contribution in [0.15, 0.2) is 48.8 Å². The van der Waals surface area contributed by atoms with Crippen LogP contribution in [-0.4, -0.2) is 28.5 Å². The van der Waals surface area contributed by atoms with Crippen molar-refractivity contribution in [2.24, 2.45) is 0 Å². The van der Waals surface area contributed by atoms with Gasteiger partial charge in [-0.25, -0.2) is 4.79 Å². The summed E-state index contributed by atoms with van der Waals surface area (Å²) >= 11 is 0. The number of pyridine rings is 1. The highest BCUT2D eigenvalue weighted by molar-refractivity contribution is 5.97. The van der Waals surface area contributed by atoms with E-state index in [-0.39, 0.29) is 11.5 Å². The number of aromatic carboxylic acids is 1. The van der Waals surface area contributed by atoms with Gasteiger partial charge in [0.25, 0.3) is 5.91 Å². The van der Waals surface area contributed by atoms with E-state index in [1.165, 1.54) is 12.1 Å². The average Bonchev–Trinajstić information content (AvgIpc) is 2.48. The SMILES string of the molecule is O=C(O)c1cccc(C(=O)NCCc2cccnc2)c1.